The second-order valence-corrected chi connectivity index (χ2v) is 3.16. The van der Waals surface area contributed by atoms with Crippen molar-refractivity contribution in [2.45, 2.75) is 6.92 Å². The summed E-state index contributed by atoms with van der Waals surface area (Å²) in [7, 11) is 0. The van der Waals surface area contributed by atoms with Crippen LogP contribution in [0.25, 0.3) is 0 Å². The Balaban J connectivity index is 2.39. The minimum absolute atomic E-state index is 0.0706. The third-order valence-electron chi connectivity index (χ3n) is 2.13. The van der Waals surface area contributed by atoms with E-state index in [1.807, 2.05) is 6.07 Å². The molecule has 1 amide bonds. The van der Waals surface area contributed by atoms with Gasteiger partial charge in [-0.3, -0.25) is 9.59 Å². The Morgan fingerprint density at radius 3 is 2.33 bits per heavy atom. The fourth-order valence-corrected chi connectivity index (χ4v) is 1.37. The van der Waals surface area contributed by atoms with Crippen molar-refractivity contribution in [2.75, 3.05) is 0 Å². The molecule has 1 aliphatic rings. The van der Waals surface area contributed by atoms with Crippen LogP contribution in [-0.2, 0) is 4.79 Å². The van der Waals surface area contributed by atoms with Gasteiger partial charge in [-0.25, -0.2) is 0 Å². The minimum Gasteiger partial charge on any atom is -0.288 e. The van der Waals surface area contributed by atoms with Gasteiger partial charge in [0.2, 0.25) is 5.78 Å². The maximum Gasteiger partial charge on any atom is 0.301 e. The van der Waals surface area contributed by atoms with Crippen molar-refractivity contribution in [1.29, 1.82) is 0 Å². The fourth-order valence-electron chi connectivity index (χ4n) is 1.37. The monoisotopic (exact) mass is 200 g/mol. The van der Waals surface area contributed by atoms with E-state index in [0.717, 1.165) is 0 Å². The number of amides is 1. The van der Waals surface area contributed by atoms with E-state index < -0.39 is 5.91 Å². The molecular formula is C11H8N2O2. The summed E-state index contributed by atoms with van der Waals surface area (Å²) in [6.45, 7) is 1.60. The summed E-state index contributed by atoms with van der Waals surface area (Å²) in [4.78, 5) is 23.1. The van der Waals surface area contributed by atoms with Gasteiger partial charge in [0, 0.05) is 5.56 Å². The molecule has 0 bridgehead atoms. The topological polar surface area (TPSA) is 58.9 Å². The largest absolute Gasteiger partial charge is 0.301 e. The molecule has 4 heteroatoms. The number of Topliss-reactive ketones (excluding diaryl/α,β-unsaturated/α-hetero) is 1. The molecule has 15 heavy (non-hydrogen) atoms. The summed E-state index contributed by atoms with van der Waals surface area (Å²) in [6.07, 6.45) is 0. The average Bonchev–Trinajstić information content (AvgIpc) is 2.59. The predicted octanol–water partition coefficient (Wildman–Crippen LogP) is 2.14. The van der Waals surface area contributed by atoms with Crippen LogP contribution in [0.15, 0.2) is 51.8 Å². The molecule has 0 saturated carbocycles. The molecule has 1 heterocycles. The molecule has 74 valence electrons. The van der Waals surface area contributed by atoms with Crippen molar-refractivity contribution in [3.63, 3.8) is 0 Å². The van der Waals surface area contributed by atoms with E-state index in [9.17, 15) is 9.59 Å². The first-order valence-corrected chi connectivity index (χ1v) is 4.47. The lowest BCUT2D eigenvalue weighted by Crippen LogP contribution is -2.10. The number of ketones is 1. The Morgan fingerprint density at radius 1 is 1.13 bits per heavy atom. The molecule has 0 unspecified atom stereocenters. The van der Waals surface area contributed by atoms with Gasteiger partial charge in [-0.15, -0.1) is 5.11 Å². The molecule has 1 aromatic carbocycles. The van der Waals surface area contributed by atoms with Crippen LogP contribution in [0.4, 0.5) is 0 Å². The molecule has 4 nitrogen and oxygen atoms in total. The van der Waals surface area contributed by atoms with Gasteiger partial charge < -0.3 is 0 Å². The number of benzene rings is 1. The third kappa shape index (κ3) is 1.61. The molecule has 2 rings (SSSR count). The summed E-state index contributed by atoms with van der Waals surface area (Å²) in [5, 5.41) is 6.92. The number of carbonyl (C=O) groups is 2. The van der Waals surface area contributed by atoms with Gasteiger partial charge in [-0.1, -0.05) is 30.3 Å². The molecule has 0 saturated heterocycles. The number of allylic oxidation sites excluding steroid dienone is 1. The maximum absolute atomic E-state index is 11.9. The maximum atomic E-state index is 11.9. The Morgan fingerprint density at radius 2 is 1.80 bits per heavy atom. The van der Waals surface area contributed by atoms with Gasteiger partial charge in [0.25, 0.3) is 0 Å². The molecule has 1 aromatic rings. The zero-order valence-electron chi connectivity index (χ0n) is 8.10. The zero-order chi connectivity index (χ0) is 10.8. The van der Waals surface area contributed by atoms with Crippen LogP contribution < -0.4 is 0 Å². The quantitative estimate of drug-likeness (QED) is 0.542. The van der Waals surface area contributed by atoms with Gasteiger partial charge in [-0.05, 0) is 6.92 Å². The number of nitrogens with zero attached hydrogens (tertiary/aromatic N) is 2. The normalized spacial score (nSPS) is 14.9. The summed E-state index contributed by atoms with van der Waals surface area (Å²) in [5.41, 5.74) is 0.933. The van der Waals surface area contributed by atoms with E-state index in [4.69, 9.17) is 0 Å². The average molecular weight is 200 g/mol. The van der Waals surface area contributed by atoms with E-state index in [1.165, 1.54) is 0 Å². The summed E-state index contributed by atoms with van der Waals surface area (Å²) >= 11 is 0. The minimum atomic E-state index is -0.554. The number of hydrogen-bond donors (Lipinski definition) is 0. The second-order valence-electron chi connectivity index (χ2n) is 3.16. The Bertz CT molecular complexity index is 487. The van der Waals surface area contributed by atoms with Crippen molar-refractivity contribution >= 4 is 11.7 Å². The number of azo groups is 1. The number of hydrogen-bond acceptors (Lipinski definition) is 3. The number of rotatable bonds is 2. The Kier molecular flexibility index (Phi) is 2.25. The van der Waals surface area contributed by atoms with Crippen LogP contribution in [-0.4, -0.2) is 11.7 Å². The van der Waals surface area contributed by atoms with Crippen molar-refractivity contribution in [2.24, 2.45) is 10.2 Å². The van der Waals surface area contributed by atoms with E-state index in [-0.39, 0.29) is 11.4 Å². The van der Waals surface area contributed by atoms with Gasteiger partial charge in [0.1, 0.15) is 5.57 Å². The van der Waals surface area contributed by atoms with Gasteiger partial charge in [-0.2, -0.15) is 5.11 Å². The number of carbonyl (C=O) groups excluding carboxylic acids is 2. The van der Waals surface area contributed by atoms with E-state index in [1.54, 1.807) is 31.2 Å². The second kappa shape index (κ2) is 3.57. The third-order valence-corrected chi connectivity index (χ3v) is 2.13. The highest BCUT2D eigenvalue weighted by molar-refractivity contribution is 6.26. The van der Waals surface area contributed by atoms with E-state index in [0.29, 0.717) is 11.3 Å². The standard InChI is InChI=1S/C11H8N2O2/c1-7-9(11(15)13-12-7)10(14)8-5-3-2-4-6-8/h2-6H,1H3. The molecule has 0 spiro atoms. The Labute approximate surface area is 86.3 Å². The van der Waals surface area contributed by atoms with Crippen molar-refractivity contribution in [3.8, 4) is 0 Å². The first kappa shape index (κ1) is 9.45. The highest BCUT2D eigenvalue weighted by Crippen LogP contribution is 2.20. The predicted molar refractivity (Wildman–Crippen MR) is 53.3 cm³/mol. The lowest BCUT2D eigenvalue weighted by Gasteiger charge is -1.99. The van der Waals surface area contributed by atoms with Crippen LogP contribution in [0.3, 0.4) is 0 Å². The Hall–Kier alpha value is -2.10. The molecule has 0 aliphatic carbocycles. The van der Waals surface area contributed by atoms with Gasteiger partial charge in [0.15, 0.2) is 0 Å². The molecule has 0 N–H and O–H groups in total. The van der Waals surface area contributed by atoms with E-state index in [2.05, 4.69) is 10.2 Å². The highest BCUT2D eigenvalue weighted by Gasteiger charge is 2.26. The summed E-state index contributed by atoms with van der Waals surface area (Å²) in [6, 6.07) is 8.62. The lowest BCUT2D eigenvalue weighted by atomic mass is 10.0. The van der Waals surface area contributed by atoms with Crippen LogP contribution in [0, 0.1) is 0 Å². The molecule has 0 radical (unpaired) electrons. The first-order valence-electron chi connectivity index (χ1n) is 4.47. The van der Waals surface area contributed by atoms with Gasteiger partial charge in [0.05, 0.1) is 5.70 Å². The summed E-state index contributed by atoms with van der Waals surface area (Å²) < 4.78 is 0. The molecule has 0 aromatic heterocycles. The van der Waals surface area contributed by atoms with Crippen LogP contribution in [0.2, 0.25) is 0 Å². The SMILES string of the molecule is CC1=C(C(=O)c2ccccc2)C(=O)N=N1. The van der Waals surface area contributed by atoms with Crippen LogP contribution >= 0.6 is 0 Å². The molecular weight excluding hydrogens is 192 g/mol. The summed E-state index contributed by atoms with van der Waals surface area (Å²) in [5.74, 6) is -0.871. The zero-order valence-corrected chi connectivity index (χ0v) is 8.10. The van der Waals surface area contributed by atoms with E-state index >= 15 is 0 Å². The van der Waals surface area contributed by atoms with Gasteiger partial charge >= 0.3 is 5.91 Å². The van der Waals surface area contributed by atoms with Crippen LogP contribution in [0.1, 0.15) is 17.3 Å². The lowest BCUT2D eigenvalue weighted by molar-refractivity contribution is -0.114. The molecule has 0 atom stereocenters. The first-order chi connectivity index (χ1) is 7.20. The molecule has 1 aliphatic heterocycles. The highest BCUT2D eigenvalue weighted by atomic mass is 16.2. The molecule has 0 fully saturated rings. The van der Waals surface area contributed by atoms with Crippen LogP contribution in [0.5, 0.6) is 0 Å². The fraction of sp³-hybridized carbons (Fsp3) is 0.0909. The van der Waals surface area contributed by atoms with Crippen molar-refractivity contribution < 1.29 is 9.59 Å². The smallest absolute Gasteiger partial charge is 0.288 e. The van der Waals surface area contributed by atoms with Crippen molar-refractivity contribution in [1.82, 2.24) is 0 Å². The van der Waals surface area contributed by atoms with Crippen molar-refractivity contribution in [3.05, 3.63) is 47.2 Å².